The Balaban J connectivity index is 1.07. The minimum absolute atomic E-state index is 0.195. The van der Waals surface area contributed by atoms with Crippen molar-refractivity contribution >= 4 is 44.7 Å². The van der Waals surface area contributed by atoms with Crippen LogP contribution in [0, 0.1) is 0 Å². The number of hydrogen-bond acceptors (Lipinski definition) is 8. The summed E-state index contributed by atoms with van der Waals surface area (Å²) in [5, 5.41) is 3.31. The second-order valence-electron chi connectivity index (χ2n) is 9.69. The Hall–Kier alpha value is -3.30. The second-order valence-corrected chi connectivity index (χ2v) is 10.6. The Morgan fingerprint density at radius 3 is 2.64 bits per heavy atom. The smallest absolute Gasteiger partial charge is 0.339 e. The van der Waals surface area contributed by atoms with E-state index >= 15 is 0 Å². The molecule has 2 saturated heterocycles. The SMILES string of the molecule is COC(=O)c1ccc(N2C3CCC2CN(CC(=O)N2CC=C(c4nccc5sccc45)CC2)C3)nc1. The van der Waals surface area contributed by atoms with Gasteiger partial charge in [-0.3, -0.25) is 14.7 Å². The van der Waals surface area contributed by atoms with E-state index in [1.54, 1.807) is 23.6 Å². The second kappa shape index (κ2) is 9.63. The molecule has 2 fully saturated rings. The van der Waals surface area contributed by atoms with Crippen molar-refractivity contribution in [2.75, 3.05) is 44.7 Å². The molecular formula is C27H29N5O3S. The van der Waals surface area contributed by atoms with E-state index < -0.39 is 0 Å². The predicted molar refractivity (Wildman–Crippen MR) is 140 cm³/mol. The Morgan fingerprint density at radius 1 is 1.11 bits per heavy atom. The van der Waals surface area contributed by atoms with Gasteiger partial charge in [0.15, 0.2) is 0 Å². The number of carbonyl (C=O) groups excluding carboxylic acids is 2. The number of hydrogen-bond donors (Lipinski definition) is 0. The highest BCUT2D eigenvalue weighted by molar-refractivity contribution is 7.17. The molecule has 6 rings (SSSR count). The van der Waals surface area contributed by atoms with Gasteiger partial charge in [-0.25, -0.2) is 9.78 Å². The molecular weight excluding hydrogens is 474 g/mol. The maximum Gasteiger partial charge on any atom is 0.339 e. The van der Waals surface area contributed by atoms with Gasteiger partial charge in [-0.05, 0) is 54.5 Å². The molecule has 0 aliphatic carbocycles. The number of carbonyl (C=O) groups is 2. The Bertz CT molecular complexity index is 1310. The lowest BCUT2D eigenvalue weighted by molar-refractivity contribution is -0.132. The van der Waals surface area contributed by atoms with Crippen LogP contribution in [0.5, 0.6) is 0 Å². The van der Waals surface area contributed by atoms with Crippen molar-refractivity contribution in [3.63, 3.8) is 0 Å². The standard InChI is InChI=1S/C27H29N5O3S/c1-35-27(34)19-2-5-24(29-14-19)32-20-3-4-21(32)16-30(15-20)17-25(33)31-11-7-18(8-12-31)26-22-9-13-36-23(22)6-10-28-26/h2,5-7,9-10,13-14,20-21H,3-4,8,11-12,15-17H2,1H3. The monoisotopic (exact) mass is 503 g/mol. The van der Waals surface area contributed by atoms with Crippen LogP contribution in [0.25, 0.3) is 15.7 Å². The summed E-state index contributed by atoms with van der Waals surface area (Å²) in [5.41, 5.74) is 2.75. The van der Waals surface area contributed by atoms with Crippen molar-refractivity contribution in [1.29, 1.82) is 0 Å². The fourth-order valence-corrected chi connectivity index (χ4v) is 6.61. The third-order valence-electron chi connectivity index (χ3n) is 7.60. The number of methoxy groups -OCH3 is 1. The number of fused-ring (bicyclic) bond motifs is 3. The van der Waals surface area contributed by atoms with E-state index in [1.807, 2.05) is 17.2 Å². The molecule has 2 atom stereocenters. The average Bonchev–Trinajstić information content (AvgIpc) is 3.50. The first-order valence-corrected chi connectivity index (χ1v) is 13.3. The van der Waals surface area contributed by atoms with E-state index in [0.29, 0.717) is 30.7 Å². The topological polar surface area (TPSA) is 78.9 Å². The van der Waals surface area contributed by atoms with E-state index in [0.717, 1.165) is 50.4 Å². The van der Waals surface area contributed by atoms with Gasteiger partial charge in [-0.1, -0.05) is 6.08 Å². The van der Waals surface area contributed by atoms with Gasteiger partial charge in [0, 0.05) is 60.7 Å². The van der Waals surface area contributed by atoms with Crippen LogP contribution in [-0.4, -0.2) is 83.6 Å². The number of likely N-dealkylation sites (tertiary alicyclic amines) is 1. The number of ether oxygens (including phenoxy) is 1. The minimum atomic E-state index is -0.375. The molecule has 3 aromatic rings. The normalized spacial score (nSPS) is 22.1. The molecule has 0 aromatic carbocycles. The highest BCUT2D eigenvalue weighted by atomic mass is 32.1. The quantitative estimate of drug-likeness (QED) is 0.494. The molecule has 36 heavy (non-hydrogen) atoms. The number of piperazine rings is 1. The van der Waals surface area contributed by atoms with Crippen LogP contribution in [0.4, 0.5) is 5.82 Å². The van der Waals surface area contributed by atoms with Crippen molar-refractivity contribution in [3.05, 3.63) is 59.4 Å². The van der Waals surface area contributed by atoms with Gasteiger partial charge in [0.05, 0.1) is 24.9 Å². The average molecular weight is 504 g/mol. The highest BCUT2D eigenvalue weighted by Gasteiger charge is 2.41. The fraction of sp³-hybridized carbons (Fsp3) is 0.407. The zero-order chi connectivity index (χ0) is 24.6. The van der Waals surface area contributed by atoms with Crippen LogP contribution in [-0.2, 0) is 9.53 Å². The maximum absolute atomic E-state index is 13.2. The molecule has 3 aromatic heterocycles. The van der Waals surface area contributed by atoms with Gasteiger partial charge in [-0.2, -0.15) is 0 Å². The number of thiophene rings is 1. The van der Waals surface area contributed by atoms with Crippen LogP contribution >= 0.6 is 11.3 Å². The lowest BCUT2D eigenvalue weighted by Crippen LogP contribution is -2.56. The van der Waals surface area contributed by atoms with Crippen LogP contribution in [0.15, 0.2) is 48.1 Å². The lowest BCUT2D eigenvalue weighted by Gasteiger charge is -2.42. The third kappa shape index (κ3) is 4.26. The van der Waals surface area contributed by atoms with Crippen molar-refractivity contribution in [3.8, 4) is 0 Å². The molecule has 0 spiro atoms. The van der Waals surface area contributed by atoms with Gasteiger partial charge in [-0.15, -0.1) is 11.3 Å². The maximum atomic E-state index is 13.2. The number of anilines is 1. The Labute approximate surface area is 214 Å². The third-order valence-corrected chi connectivity index (χ3v) is 8.48. The number of rotatable bonds is 5. The molecule has 0 N–H and O–H groups in total. The molecule has 3 aliphatic heterocycles. The van der Waals surface area contributed by atoms with E-state index in [9.17, 15) is 9.59 Å². The summed E-state index contributed by atoms with van der Waals surface area (Å²) in [6, 6.07) is 8.54. The summed E-state index contributed by atoms with van der Waals surface area (Å²) in [4.78, 5) is 40.7. The van der Waals surface area contributed by atoms with Crippen molar-refractivity contribution in [1.82, 2.24) is 19.8 Å². The van der Waals surface area contributed by atoms with E-state index in [2.05, 4.69) is 43.4 Å². The number of pyridine rings is 2. The zero-order valence-corrected chi connectivity index (χ0v) is 21.1. The van der Waals surface area contributed by atoms with Gasteiger partial charge < -0.3 is 14.5 Å². The lowest BCUT2D eigenvalue weighted by atomic mass is 10.0. The largest absolute Gasteiger partial charge is 0.465 e. The summed E-state index contributed by atoms with van der Waals surface area (Å²) in [7, 11) is 1.37. The first-order valence-electron chi connectivity index (χ1n) is 12.4. The first kappa shape index (κ1) is 23.1. The van der Waals surface area contributed by atoms with Gasteiger partial charge in [0.1, 0.15) is 5.82 Å². The summed E-state index contributed by atoms with van der Waals surface area (Å²) in [6.07, 6.45) is 8.65. The fourth-order valence-electron chi connectivity index (χ4n) is 5.82. The molecule has 2 unspecified atom stereocenters. The Kier molecular flexibility index (Phi) is 6.18. The molecule has 9 heteroatoms. The van der Waals surface area contributed by atoms with Crippen LogP contribution in [0.2, 0.25) is 0 Å². The summed E-state index contributed by atoms with van der Waals surface area (Å²) in [6.45, 7) is 3.52. The first-order chi connectivity index (χ1) is 17.6. The predicted octanol–water partition coefficient (Wildman–Crippen LogP) is 3.45. The minimum Gasteiger partial charge on any atom is -0.465 e. The Morgan fingerprint density at radius 2 is 1.94 bits per heavy atom. The molecule has 1 amide bonds. The van der Waals surface area contributed by atoms with Crippen molar-refractivity contribution in [2.24, 2.45) is 0 Å². The van der Waals surface area contributed by atoms with Gasteiger partial charge in [0.25, 0.3) is 0 Å². The van der Waals surface area contributed by atoms with Crippen LogP contribution < -0.4 is 4.90 Å². The van der Waals surface area contributed by atoms with E-state index in [4.69, 9.17) is 4.74 Å². The highest BCUT2D eigenvalue weighted by Crippen LogP contribution is 2.34. The molecule has 0 saturated carbocycles. The summed E-state index contributed by atoms with van der Waals surface area (Å²) < 4.78 is 6.03. The van der Waals surface area contributed by atoms with Crippen molar-refractivity contribution < 1.29 is 14.3 Å². The number of esters is 1. The van der Waals surface area contributed by atoms with Crippen molar-refractivity contribution in [2.45, 2.75) is 31.3 Å². The van der Waals surface area contributed by atoms with E-state index in [1.165, 1.54) is 22.8 Å². The van der Waals surface area contributed by atoms with Gasteiger partial charge in [0.2, 0.25) is 5.91 Å². The molecule has 186 valence electrons. The molecule has 8 nitrogen and oxygen atoms in total. The zero-order valence-electron chi connectivity index (χ0n) is 20.3. The van der Waals surface area contributed by atoms with Crippen LogP contribution in [0.1, 0.15) is 35.3 Å². The molecule has 2 bridgehead atoms. The van der Waals surface area contributed by atoms with Crippen LogP contribution in [0.3, 0.4) is 0 Å². The molecule has 6 heterocycles. The summed E-state index contributed by atoms with van der Waals surface area (Å²) in [5.74, 6) is 0.712. The number of aromatic nitrogens is 2. The summed E-state index contributed by atoms with van der Waals surface area (Å²) >= 11 is 1.73. The number of amides is 1. The number of nitrogens with zero attached hydrogens (tertiary/aromatic N) is 5. The molecule has 0 radical (unpaired) electrons. The molecule has 3 aliphatic rings. The van der Waals surface area contributed by atoms with Gasteiger partial charge >= 0.3 is 5.97 Å². The van der Waals surface area contributed by atoms with E-state index in [-0.39, 0.29) is 11.9 Å².